The average Bonchev–Trinajstić information content (AvgIpc) is 2.96. The van der Waals surface area contributed by atoms with E-state index in [0.29, 0.717) is 6.42 Å². The highest BCUT2D eigenvalue weighted by Gasteiger charge is 2.57. The zero-order chi connectivity index (χ0) is 15.7. The molecule has 0 aromatic heterocycles. The molecule has 2 unspecified atom stereocenters. The maximum Gasteiger partial charge on any atom is 0.311 e. The zero-order valence-electron chi connectivity index (χ0n) is 12.4. The Morgan fingerprint density at radius 1 is 1.62 bits per heavy atom. The Bertz CT molecular complexity index is 415. The molecule has 120 valence electrons. The fraction of sp³-hybridized carbons (Fsp3) is 0.786. The smallest absolute Gasteiger partial charge is 0.311 e. The van der Waals surface area contributed by atoms with Crippen molar-refractivity contribution < 1.29 is 23.1 Å². The minimum atomic E-state index is -2.81. The van der Waals surface area contributed by atoms with Gasteiger partial charge in [-0.25, -0.2) is 8.78 Å². The van der Waals surface area contributed by atoms with Crippen LogP contribution in [0.4, 0.5) is 8.78 Å². The quantitative estimate of drug-likeness (QED) is 0.593. The number of hydrogen-bond donors (Lipinski definition) is 1. The van der Waals surface area contributed by atoms with Gasteiger partial charge in [-0.2, -0.15) is 5.06 Å². The maximum atomic E-state index is 13.8. The molecule has 2 aliphatic rings. The lowest BCUT2D eigenvalue weighted by Gasteiger charge is -2.29. The molecule has 2 atom stereocenters. The molecule has 2 heterocycles. The van der Waals surface area contributed by atoms with Gasteiger partial charge < -0.3 is 10.1 Å². The maximum absolute atomic E-state index is 13.8. The van der Waals surface area contributed by atoms with Gasteiger partial charge in [0.2, 0.25) is 0 Å². The average molecular weight is 304 g/mol. The van der Waals surface area contributed by atoms with Crippen LogP contribution in [0.25, 0.3) is 0 Å². The Morgan fingerprint density at radius 3 is 3.00 bits per heavy atom. The Kier molecular flexibility index (Phi) is 4.65. The fourth-order valence-electron chi connectivity index (χ4n) is 2.62. The Morgan fingerprint density at radius 2 is 2.33 bits per heavy atom. The van der Waals surface area contributed by atoms with Crippen molar-refractivity contribution >= 4 is 5.97 Å². The second-order valence-electron chi connectivity index (χ2n) is 6.15. The predicted molar refractivity (Wildman–Crippen MR) is 72.7 cm³/mol. The second-order valence-corrected chi connectivity index (χ2v) is 6.15. The normalized spacial score (nSPS) is 28.4. The van der Waals surface area contributed by atoms with Crippen LogP contribution in [0.3, 0.4) is 0 Å². The summed E-state index contributed by atoms with van der Waals surface area (Å²) in [5.74, 6) is -3.18. The molecule has 0 bridgehead atoms. The van der Waals surface area contributed by atoms with Gasteiger partial charge in [-0.05, 0) is 20.3 Å². The van der Waals surface area contributed by atoms with Crippen molar-refractivity contribution in [1.29, 1.82) is 0 Å². The van der Waals surface area contributed by atoms with Gasteiger partial charge in [-0.15, -0.1) is 0 Å². The number of fused-ring (bicyclic) bond motifs is 1. The second kappa shape index (κ2) is 5.98. The van der Waals surface area contributed by atoms with E-state index in [9.17, 15) is 13.6 Å². The molecule has 0 aromatic rings. The van der Waals surface area contributed by atoms with Crippen LogP contribution in [-0.2, 0) is 14.4 Å². The van der Waals surface area contributed by atoms with E-state index in [-0.39, 0.29) is 38.3 Å². The highest BCUT2D eigenvalue weighted by atomic mass is 19.3. The summed E-state index contributed by atoms with van der Waals surface area (Å²) in [7, 11) is 0. The van der Waals surface area contributed by atoms with Gasteiger partial charge in [0, 0.05) is 6.54 Å². The van der Waals surface area contributed by atoms with Crippen LogP contribution in [0, 0.1) is 5.41 Å². The third-order valence-electron chi connectivity index (χ3n) is 3.99. The number of rotatable bonds is 6. The van der Waals surface area contributed by atoms with Crippen molar-refractivity contribution in [2.24, 2.45) is 5.41 Å². The first-order valence-electron chi connectivity index (χ1n) is 7.07. The van der Waals surface area contributed by atoms with Crippen molar-refractivity contribution in [3.63, 3.8) is 0 Å². The predicted octanol–water partition coefficient (Wildman–Crippen LogP) is 1.35. The number of esters is 1. The van der Waals surface area contributed by atoms with E-state index < -0.39 is 17.4 Å². The van der Waals surface area contributed by atoms with Gasteiger partial charge in [-0.3, -0.25) is 9.63 Å². The summed E-state index contributed by atoms with van der Waals surface area (Å²) < 4.78 is 32.6. The van der Waals surface area contributed by atoms with Gasteiger partial charge in [0.25, 0.3) is 5.92 Å². The van der Waals surface area contributed by atoms with E-state index in [1.165, 1.54) is 11.1 Å². The summed E-state index contributed by atoms with van der Waals surface area (Å²) in [5.41, 5.74) is -0.758. The molecule has 1 N–H and O–H groups in total. The molecule has 2 rings (SSSR count). The highest BCUT2D eigenvalue weighted by molar-refractivity contribution is 5.75. The van der Waals surface area contributed by atoms with Gasteiger partial charge in [0.15, 0.2) is 0 Å². The van der Waals surface area contributed by atoms with E-state index in [0.717, 1.165) is 0 Å². The molecule has 0 saturated carbocycles. The first kappa shape index (κ1) is 16.3. The number of nitrogens with zero attached hydrogens (tertiary/aromatic N) is 1. The Labute approximate surface area is 123 Å². The molecule has 2 saturated heterocycles. The number of ether oxygens (including phenoxy) is 1. The summed E-state index contributed by atoms with van der Waals surface area (Å²) in [6.07, 6.45) is 1.87. The monoisotopic (exact) mass is 304 g/mol. The number of carbonyl (C=O) groups excluding carboxylic acids is 1. The number of nitrogens with one attached hydrogen (secondary N) is 1. The van der Waals surface area contributed by atoms with Crippen molar-refractivity contribution in [3.8, 4) is 0 Å². The van der Waals surface area contributed by atoms with E-state index in [1.807, 2.05) is 0 Å². The molecule has 0 spiro atoms. The molecular weight excluding hydrogens is 282 g/mol. The van der Waals surface area contributed by atoms with Crippen LogP contribution in [-0.4, -0.2) is 55.3 Å². The lowest BCUT2D eigenvalue weighted by Crippen LogP contribution is -2.46. The molecule has 0 radical (unpaired) electrons. The topological polar surface area (TPSA) is 50.8 Å². The lowest BCUT2D eigenvalue weighted by molar-refractivity contribution is -0.185. The molecule has 21 heavy (non-hydrogen) atoms. The molecule has 5 nitrogen and oxygen atoms in total. The van der Waals surface area contributed by atoms with Gasteiger partial charge in [-0.1, -0.05) is 12.7 Å². The summed E-state index contributed by atoms with van der Waals surface area (Å²) in [6.45, 7) is 7.26. The van der Waals surface area contributed by atoms with Gasteiger partial charge in [0.1, 0.15) is 12.6 Å². The van der Waals surface area contributed by atoms with Crippen LogP contribution >= 0.6 is 0 Å². The summed E-state index contributed by atoms with van der Waals surface area (Å²) in [4.78, 5) is 17.2. The van der Waals surface area contributed by atoms with Crippen molar-refractivity contribution in [1.82, 2.24) is 10.4 Å². The highest BCUT2D eigenvalue weighted by Crippen LogP contribution is 2.36. The minimum Gasteiger partial charge on any atom is -0.461 e. The van der Waals surface area contributed by atoms with Crippen molar-refractivity contribution in [2.45, 2.75) is 38.3 Å². The zero-order valence-corrected chi connectivity index (χ0v) is 12.4. The molecule has 2 aliphatic heterocycles. The molecule has 0 amide bonds. The first-order valence-corrected chi connectivity index (χ1v) is 7.07. The van der Waals surface area contributed by atoms with Crippen LogP contribution in [0.5, 0.6) is 0 Å². The van der Waals surface area contributed by atoms with Crippen molar-refractivity contribution in [3.05, 3.63) is 12.7 Å². The van der Waals surface area contributed by atoms with Crippen LogP contribution in [0.1, 0.15) is 20.3 Å². The van der Waals surface area contributed by atoms with Gasteiger partial charge >= 0.3 is 5.97 Å². The minimum absolute atomic E-state index is 0.148. The third-order valence-corrected chi connectivity index (χ3v) is 3.99. The number of hydroxylamine groups is 2. The van der Waals surface area contributed by atoms with Gasteiger partial charge in [0.05, 0.1) is 24.6 Å². The largest absolute Gasteiger partial charge is 0.461 e. The first-order chi connectivity index (χ1) is 9.78. The fourth-order valence-corrected chi connectivity index (χ4v) is 2.62. The Balaban J connectivity index is 1.90. The van der Waals surface area contributed by atoms with Crippen LogP contribution < -0.4 is 5.32 Å². The Hall–Kier alpha value is -1.05. The standard InChI is InChI=1S/C14H22F2N2O3/c1-4-7-20-12(19)13(2,3)5-6-18-11-10(8-21-18)17-9-14(11,15)16/h4,10-11,17H,1,5-9H2,2-3H3. The third kappa shape index (κ3) is 3.41. The molecule has 0 aliphatic carbocycles. The van der Waals surface area contributed by atoms with E-state index >= 15 is 0 Å². The summed E-state index contributed by atoms with van der Waals surface area (Å²) in [6, 6.07) is -1.31. The molecular formula is C14H22F2N2O3. The van der Waals surface area contributed by atoms with E-state index in [1.54, 1.807) is 13.8 Å². The number of carbonyl (C=O) groups is 1. The molecule has 0 aromatic carbocycles. The number of halogens is 2. The van der Waals surface area contributed by atoms with E-state index in [4.69, 9.17) is 9.57 Å². The lowest BCUT2D eigenvalue weighted by atomic mass is 9.89. The van der Waals surface area contributed by atoms with Crippen molar-refractivity contribution in [2.75, 3.05) is 26.3 Å². The summed E-state index contributed by atoms with van der Waals surface area (Å²) in [5, 5.41) is 4.08. The summed E-state index contributed by atoms with van der Waals surface area (Å²) >= 11 is 0. The SMILES string of the molecule is C=CCOC(=O)C(C)(C)CCN1OCC2NCC(F)(F)C21. The van der Waals surface area contributed by atoms with Crippen LogP contribution in [0.15, 0.2) is 12.7 Å². The number of alkyl halides is 2. The van der Waals surface area contributed by atoms with Crippen LogP contribution in [0.2, 0.25) is 0 Å². The molecule has 2 fully saturated rings. The molecule has 7 heteroatoms. The van der Waals surface area contributed by atoms with E-state index in [2.05, 4.69) is 11.9 Å². The number of hydrogen-bond acceptors (Lipinski definition) is 5.